The third-order valence-corrected chi connectivity index (χ3v) is 3.89. The Hall–Kier alpha value is -1.65. The molecule has 0 amide bonds. The van der Waals surface area contributed by atoms with E-state index in [1.807, 2.05) is 12.3 Å². The molecule has 0 saturated carbocycles. The van der Waals surface area contributed by atoms with Crippen molar-refractivity contribution < 1.29 is 0 Å². The van der Waals surface area contributed by atoms with Crippen LogP contribution in [-0.4, -0.2) is 21.6 Å². The molecule has 0 radical (unpaired) electrons. The number of rotatable bonds is 4. The molecule has 1 aromatic heterocycles. The Kier molecular flexibility index (Phi) is 3.83. The minimum atomic E-state index is -0.266. The van der Waals surface area contributed by atoms with Gasteiger partial charge in [0.25, 0.3) is 0 Å². The van der Waals surface area contributed by atoms with Gasteiger partial charge >= 0.3 is 0 Å². The summed E-state index contributed by atoms with van der Waals surface area (Å²) in [5.74, 6) is 1.12. The van der Waals surface area contributed by atoms with Gasteiger partial charge in [-0.3, -0.25) is 0 Å². The van der Waals surface area contributed by atoms with E-state index < -0.39 is 0 Å². The summed E-state index contributed by atoms with van der Waals surface area (Å²) in [5, 5.41) is 3.54. The van der Waals surface area contributed by atoms with Gasteiger partial charge in [0.15, 0.2) is 0 Å². The van der Waals surface area contributed by atoms with E-state index in [0.29, 0.717) is 6.04 Å². The van der Waals surface area contributed by atoms with E-state index in [4.69, 9.17) is 10.7 Å². The van der Waals surface area contributed by atoms with Gasteiger partial charge in [0.1, 0.15) is 5.82 Å². The zero-order valence-electron chi connectivity index (χ0n) is 12.8. The maximum Gasteiger partial charge on any atom is 0.126 e. The standard InChI is InChI=1S/C17H24N4/c1-17(2,18)12-21-15(13-7-4-3-5-8-13)11-20-16(21)14-9-6-10-19-14/h3-5,7-8,11,14,19H,6,9-10,12,18H2,1-2H3. The maximum absolute atomic E-state index is 6.27. The highest BCUT2D eigenvalue weighted by Crippen LogP contribution is 2.28. The highest BCUT2D eigenvalue weighted by Gasteiger charge is 2.25. The molecule has 1 aliphatic rings. The van der Waals surface area contributed by atoms with Crippen LogP contribution >= 0.6 is 0 Å². The Morgan fingerprint density at radius 1 is 1.33 bits per heavy atom. The van der Waals surface area contributed by atoms with E-state index in [-0.39, 0.29) is 5.54 Å². The van der Waals surface area contributed by atoms with Crippen LogP contribution < -0.4 is 11.1 Å². The molecule has 112 valence electrons. The van der Waals surface area contributed by atoms with E-state index >= 15 is 0 Å². The van der Waals surface area contributed by atoms with Crippen LogP contribution in [0, 0.1) is 0 Å². The van der Waals surface area contributed by atoms with E-state index in [9.17, 15) is 0 Å². The van der Waals surface area contributed by atoms with Crippen molar-refractivity contribution in [3.05, 3.63) is 42.4 Å². The second-order valence-corrected chi connectivity index (χ2v) is 6.59. The van der Waals surface area contributed by atoms with Crippen LogP contribution in [0.15, 0.2) is 36.5 Å². The summed E-state index contributed by atoms with van der Waals surface area (Å²) in [7, 11) is 0. The molecule has 1 aromatic carbocycles. The molecular weight excluding hydrogens is 260 g/mol. The lowest BCUT2D eigenvalue weighted by Gasteiger charge is -2.24. The quantitative estimate of drug-likeness (QED) is 0.907. The van der Waals surface area contributed by atoms with Crippen molar-refractivity contribution in [1.29, 1.82) is 0 Å². The van der Waals surface area contributed by atoms with Crippen LogP contribution in [0.25, 0.3) is 11.3 Å². The summed E-state index contributed by atoms with van der Waals surface area (Å²) in [6.07, 6.45) is 4.34. The van der Waals surface area contributed by atoms with Crippen molar-refractivity contribution in [3.8, 4) is 11.3 Å². The normalized spacial score (nSPS) is 19.1. The molecule has 1 atom stereocenters. The Labute approximate surface area is 126 Å². The largest absolute Gasteiger partial charge is 0.325 e. The zero-order valence-corrected chi connectivity index (χ0v) is 12.8. The number of benzene rings is 1. The zero-order chi connectivity index (χ0) is 14.9. The van der Waals surface area contributed by atoms with Crippen LogP contribution in [0.4, 0.5) is 0 Å². The Morgan fingerprint density at radius 3 is 2.71 bits per heavy atom. The van der Waals surface area contributed by atoms with E-state index in [2.05, 4.69) is 48.0 Å². The van der Waals surface area contributed by atoms with Crippen molar-refractivity contribution >= 4 is 0 Å². The second kappa shape index (κ2) is 5.62. The highest BCUT2D eigenvalue weighted by atomic mass is 15.1. The lowest BCUT2D eigenvalue weighted by atomic mass is 10.1. The van der Waals surface area contributed by atoms with Crippen LogP contribution in [0.1, 0.15) is 38.6 Å². The first-order valence-electron chi connectivity index (χ1n) is 7.68. The van der Waals surface area contributed by atoms with Gasteiger partial charge in [-0.2, -0.15) is 0 Å². The third-order valence-electron chi connectivity index (χ3n) is 3.89. The topological polar surface area (TPSA) is 55.9 Å². The van der Waals surface area contributed by atoms with Gasteiger partial charge in [0.05, 0.1) is 17.9 Å². The molecule has 1 aliphatic heterocycles. The average Bonchev–Trinajstić information content (AvgIpc) is 3.07. The molecule has 21 heavy (non-hydrogen) atoms. The van der Waals surface area contributed by atoms with Crippen molar-refractivity contribution in [3.63, 3.8) is 0 Å². The summed E-state index contributed by atoms with van der Waals surface area (Å²) in [6, 6.07) is 10.8. The number of aromatic nitrogens is 2. The molecule has 3 N–H and O–H groups in total. The summed E-state index contributed by atoms with van der Waals surface area (Å²) < 4.78 is 2.29. The maximum atomic E-state index is 6.27. The van der Waals surface area contributed by atoms with Gasteiger partial charge < -0.3 is 15.6 Å². The fourth-order valence-electron chi connectivity index (χ4n) is 2.99. The van der Waals surface area contributed by atoms with Crippen LogP contribution in [0.2, 0.25) is 0 Å². The highest BCUT2D eigenvalue weighted by molar-refractivity contribution is 5.59. The smallest absolute Gasteiger partial charge is 0.126 e. The number of hydrogen-bond donors (Lipinski definition) is 2. The average molecular weight is 284 g/mol. The number of nitrogens with two attached hydrogens (primary N) is 1. The molecule has 1 unspecified atom stereocenters. The predicted molar refractivity (Wildman–Crippen MR) is 85.9 cm³/mol. The van der Waals surface area contributed by atoms with Gasteiger partial charge in [-0.05, 0) is 38.8 Å². The minimum Gasteiger partial charge on any atom is -0.325 e. The van der Waals surface area contributed by atoms with Crippen LogP contribution in [-0.2, 0) is 6.54 Å². The minimum absolute atomic E-state index is 0.266. The molecule has 2 aromatic rings. The Balaban J connectivity index is 2.03. The van der Waals surface area contributed by atoms with Crippen molar-refractivity contribution in [2.45, 2.75) is 44.8 Å². The molecule has 0 bridgehead atoms. The lowest BCUT2D eigenvalue weighted by Crippen LogP contribution is -2.38. The van der Waals surface area contributed by atoms with Crippen molar-refractivity contribution in [2.24, 2.45) is 5.73 Å². The summed E-state index contributed by atoms with van der Waals surface area (Å²) in [4.78, 5) is 4.70. The van der Waals surface area contributed by atoms with Crippen molar-refractivity contribution in [1.82, 2.24) is 14.9 Å². The fourth-order valence-corrected chi connectivity index (χ4v) is 2.99. The molecule has 1 fully saturated rings. The number of imidazole rings is 1. The van der Waals surface area contributed by atoms with Crippen LogP contribution in [0.5, 0.6) is 0 Å². The SMILES string of the molecule is CC(C)(N)Cn1c(-c2ccccc2)cnc1C1CCCN1. The first-order chi connectivity index (χ1) is 10.0. The van der Waals surface area contributed by atoms with Gasteiger partial charge in [-0.1, -0.05) is 30.3 Å². The van der Waals surface area contributed by atoms with Gasteiger partial charge in [0.2, 0.25) is 0 Å². The first kappa shape index (κ1) is 14.3. The molecule has 4 nitrogen and oxygen atoms in total. The number of hydrogen-bond acceptors (Lipinski definition) is 3. The third kappa shape index (κ3) is 3.17. The summed E-state index contributed by atoms with van der Waals surface area (Å²) in [5.41, 5.74) is 8.35. The second-order valence-electron chi connectivity index (χ2n) is 6.59. The van der Waals surface area contributed by atoms with Gasteiger partial charge in [-0.15, -0.1) is 0 Å². The molecule has 1 saturated heterocycles. The van der Waals surface area contributed by atoms with E-state index in [0.717, 1.165) is 31.0 Å². The Bertz CT molecular complexity index is 589. The van der Waals surface area contributed by atoms with Gasteiger partial charge in [0, 0.05) is 12.1 Å². The molecule has 0 spiro atoms. The predicted octanol–water partition coefficient (Wildman–Crippen LogP) is 2.71. The number of nitrogens with zero attached hydrogens (tertiary/aromatic N) is 2. The van der Waals surface area contributed by atoms with E-state index in [1.54, 1.807) is 0 Å². The molecule has 4 heteroatoms. The fraction of sp³-hybridized carbons (Fsp3) is 0.471. The van der Waals surface area contributed by atoms with E-state index in [1.165, 1.54) is 12.0 Å². The monoisotopic (exact) mass is 284 g/mol. The first-order valence-corrected chi connectivity index (χ1v) is 7.68. The Morgan fingerprint density at radius 2 is 2.10 bits per heavy atom. The summed E-state index contributed by atoms with van der Waals surface area (Å²) in [6.45, 7) is 5.97. The molecular formula is C17H24N4. The summed E-state index contributed by atoms with van der Waals surface area (Å²) >= 11 is 0. The van der Waals surface area contributed by atoms with Crippen molar-refractivity contribution in [2.75, 3.05) is 6.54 Å². The molecule has 3 rings (SSSR count). The molecule has 0 aliphatic carbocycles. The molecule has 2 heterocycles. The lowest BCUT2D eigenvalue weighted by molar-refractivity contribution is 0.415. The van der Waals surface area contributed by atoms with Crippen LogP contribution in [0.3, 0.4) is 0 Å². The van der Waals surface area contributed by atoms with Gasteiger partial charge in [-0.25, -0.2) is 4.98 Å². The number of nitrogens with one attached hydrogen (secondary N) is 1.